The third kappa shape index (κ3) is 4.11. The number of ether oxygens (including phenoxy) is 1. The van der Waals surface area contributed by atoms with Crippen molar-refractivity contribution in [1.29, 1.82) is 0 Å². The minimum absolute atomic E-state index is 0.476. The number of rotatable bonds is 7. The lowest BCUT2D eigenvalue weighted by Gasteiger charge is -2.23. The van der Waals surface area contributed by atoms with Gasteiger partial charge in [0.2, 0.25) is 0 Å². The van der Waals surface area contributed by atoms with E-state index in [1.54, 1.807) is 0 Å². The van der Waals surface area contributed by atoms with Gasteiger partial charge in [0.25, 0.3) is 0 Å². The maximum Gasteiger partial charge on any atom is 0.0607 e. The van der Waals surface area contributed by atoms with Crippen molar-refractivity contribution in [2.45, 2.75) is 38.7 Å². The van der Waals surface area contributed by atoms with Crippen molar-refractivity contribution in [3.8, 4) is 0 Å². The maximum atomic E-state index is 5.89. The molecule has 2 heteroatoms. The van der Waals surface area contributed by atoms with Crippen LogP contribution in [0, 0.1) is 5.92 Å². The van der Waals surface area contributed by atoms with E-state index in [1.165, 1.54) is 24.8 Å². The van der Waals surface area contributed by atoms with Gasteiger partial charge in [-0.15, -0.1) is 0 Å². The van der Waals surface area contributed by atoms with Crippen LogP contribution < -0.4 is 5.32 Å². The van der Waals surface area contributed by atoms with Crippen molar-refractivity contribution in [2.75, 3.05) is 19.7 Å². The molecule has 2 rings (SSSR count). The van der Waals surface area contributed by atoms with E-state index in [-0.39, 0.29) is 0 Å². The first-order valence-electron chi connectivity index (χ1n) is 7.26. The van der Waals surface area contributed by atoms with E-state index in [0.29, 0.717) is 12.0 Å². The van der Waals surface area contributed by atoms with E-state index < -0.39 is 0 Å². The smallest absolute Gasteiger partial charge is 0.0607 e. The van der Waals surface area contributed by atoms with Crippen molar-refractivity contribution in [2.24, 2.45) is 5.92 Å². The molecule has 0 aromatic heterocycles. The Balaban J connectivity index is 1.90. The summed E-state index contributed by atoms with van der Waals surface area (Å²) in [4.78, 5) is 0. The zero-order chi connectivity index (χ0) is 12.6. The van der Waals surface area contributed by atoms with Crippen molar-refractivity contribution in [3.63, 3.8) is 0 Å². The molecule has 18 heavy (non-hydrogen) atoms. The highest BCUT2D eigenvalue weighted by atomic mass is 16.5. The summed E-state index contributed by atoms with van der Waals surface area (Å²) in [6.45, 7) is 5.28. The van der Waals surface area contributed by atoms with E-state index >= 15 is 0 Å². The molecule has 1 aliphatic rings. The molecule has 2 atom stereocenters. The number of hydrogen-bond donors (Lipinski definition) is 1. The zero-order valence-electron chi connectivity index (χ0n) is 11.4. The first-order valence-corrected chi connectivity index (χ1v) is 7.26. The van der Waals surface area contributed by atoms with Gasteiger partial charge in [-0.2, -0.15) is 0 Å². The summed E-state index contributed by atoms with van der Waals surface area (Å²) in [5.74, 6) is 0.661. The third-order valence-corrected chi connectivity index (χ3v) is 3.77. The molecule has 100 valence electrons. The van der Waals surface area contributed by atoms with Crippen LogP contribution >= 0.6 is 0 Å². The molecule has 0 bridgehead atoms. The van der Waals surface area contributed by atoms with Crippen molar-refractivity contribution < 1.29 is 4.74 Å². The Bertz CT molecular complexity index is 319. The lowest BCUT2D eigenvalue weighted by Crippen LogP contribution is -2.26. The van der Waals surface area contributed by atoms with Gasteiger partial charge in [-0.3, -0.25) is 0 Å². The zero-order valence-corrected chi connectivity index (χ0v) is 11.4. The summed E-state index contributed by atoms with van der Waals surface area (Å²) >= 11 is 0. The average Bonchev–Trinajstić information content (AvgIpc) is 2.93. The van der Waals surface area contributed by atoms with Crippen LogP contribution in [0.5, 0.6) is 0 Å². The molecule has 1 saturated heterocycles. The largest absolute Gasteiger partial charge is 0.378 e. The lowest BCUT2D eigenvalue weighted by atomic mass is 9.89. The standard InChI is InChI=1S/C16H25NO/c1-2-17-11-10-15(16-9-6-12-18-16)13-14-7-4-3-5-8-14/h3-5,7-8,15-17H,2,6,9-13H2,1H3/t15-,16+/m0/s1. The Hall–Kier alpha value is -0.860. The molecule has 2 nitrogen and oxygen atoms in total. The maximum absolute atomic E-state index is 5.89. The molecular formula is C16H25NO. The van der Waals surface area contributed by atoms with Gasteiger partial charge < -0.3 is 10.1 Å². The van der Waals surface area contributed by atoms with E-state index in [9.17, 15) is 0 Å². The second-order valence-corrected chi connectivity index (χ2v) is 5.14. The number of hydrogen-bond acceptors (Lipinski definition) is 2. The molecule has 1 fully saturated rings. The van der Waals surface area contributed by atoms with Gasteiger partial charge in [0.05, 0.1) is 6.10 Å². The SMILES string of the molecule is CCNCC[C@@H](Cc1ccccc1)[C@H]1CCCO1. The summed E-state index contributed by atoms with van der Waals surface area (Å²) < 4.78 is 5.89. The number of nitrogens with one attached hydrogen (secondary N) is 1. The first-order chi connectivity index (χ1) is 8.90. The molecule has 0 spiro atoms. The summed E-state index contributed by atoms with van der Waals surface area (Å²) in [6, 6.07) is 10.8. The molecule has 1 heterocycles. The molecule has 1 aromatic carbocycles. The summed E-state index contributed by atoms with van der Waals surface area (Å²) in [7, 11) is 0. The highest BCUT2D eigenvalue weighted by molar-refractivity contribution is 5.15. The molecule has 0 unspecified atom stereocenters. The molecule has 0 radical (unpaired) electrons. The quantitative estimate of drug-likeness (QED) is 0.748. The molecule has 1 aromatic rings. The summed E-state index contributed by atoms with van der Waals surface area (Å²) in [5.41, 5.74) is 1.44. The Labute approximate surface area is 111 Å². The summed E-state index contributed by atoms with van der Waals surface area (Å²) in [5, 5.41) is 3.43. The van der Waals surface area contributed by atoms with Crippen LogP contribution in [0.1, 0.15) is 31.7 Å². The fraction of sp³-hybridized carbons (Fsp3) is 0.625. The van der Waals surface area contributed by atoms with Gasteiger partial charge in [-0.1, -0.05) is 37.3 Å². The van der Waals surface area contributed by atoms with E-state index in [2.05, 4.69) is 42.6 Å². The van der Waals surface area contributed by atoms with E-state index in [0.717, 1.165) is 26.1 Å². The first kappa shape index (κ1) is 13.6. The van der Waals surface area contributed by atoms with Crippen molar-refractivity contribution in [1.82, 2.24) is 5.32 Å². The topological polar surface area (TPSA) is 21.3 Å². The van der Waals surface area contributed by atoms with Gasteiger partial charge in [0, 0.05) is 6.61 Å². The second kappa shape index (κ2) is 7.55. The van der Waals surface area contributed by atoms with Gasteiger partial charge in [0.1, 0.15) is 0 Å². The fourth-order valence-electron chi connectivity index (χ4n) is 2.77. The lowest BCUT2D eigenvalue weighted by molar-refractivity contribution is 0.0596. The summed E-state index contributed by atoms with van der Waals surface area (Å²) in [6.07, 6.45) is 5.31. The van der Waals surface area contributed by atoms with Crippen LogP contribution in [-0.2, 0) is 11.2 Å². The van der Waals surface area contributed by atoms with Gasteiger partial charge in [0.15, 0.2) is 0 Å². The average molecular weight is 247 g/mol. The van der Waals surface area contributed by atoms with Crippen LogP contribution in [0.3, 0.4) is 0 Å². The van der Waals surface area contributed by atoms with Gasteiger partial charge in [-0.25, -0.2) is 0 Å². The molecule has 1 N–H and O–H groups in total. The predicted molar refractivity (Wildman–Crippen MR) is 75.8 cm³/mol. The Morgan fingerprint density at radius 3 is 2.83 bits per heavy atom. The normalized spacial score (nSPS) is 21.1. The molecule has 0 saturated carbocycles. The Morgan fingerprint density at radius 1 is 1.33 bits per heavy atom. The van der Waals surface area contributed by atoms with Crippen molar-refractivity contribution in [3.05, 3.63) is 35.9 Å². The Morgan fingerprint density at radius 2 is 2.17 bits per heavy atom. The molecule has 1 aliphatic heterocycles. The molecular weight excluding hydrogens is 222 g/mol. The third-order valence-electron chi connectivity index (χ3n) is 3.77. The van der Waals surface area contributed by atoms with E-state index in [4.69, 9.17) is 4.74 Å². The second-order valence-electron chi connectivity index (χ2n) is 5.14. The van der Waals surface area contributed by atoms with Crippen LogP contribution in [0.4, 0.5) is 0 Å². The van der Waals surface area contributed by atoms with Crippen LogP contribution in [-0.4, -0.2) is 25.8 Å². The van der Waals surface area contributed by atoms with Gasteiger partial charge in [-0.05, 0) is 50.3 Å². The Kier molecular flexibility index (Phi) is 5.69. The van der Waals surface area contributed by atoms with Gasteiger partial charge >= 0.3 is 0 Å². The predicted octanol–water partition coefficient (Wildman–Crippen LogP) is 3.02. The monoisotopic (exact) mass is 247 g/mol. The van der Waals surface area contributed by atoms with Crippen LogP contribution in [0.25, 0.3) is 0 Å². The highest BCUT2D eigenvalue weighted by Gasteiger charge is 2.25. The fourth-order valence-corrected chi connectivity index (χ4v) is 2.77. The molecule has 0 aliphatic carbocycles. The molecule has 0 amide bonds. The highest BCUT2D eigenvalue weighted by Crippen LogP contribution is 2.26. The number of benzene rings is 1. The van der Waals surface area contributed by atoms with Crippen LogP contribution in [0.2, 0.25) is 0 Å². The van der Waals surface area contributed by atoms with Crippen molar-refractivity contribution >= 4 is 0 Å². The minimum atomic E-state index is 0.476. The van der Waals surface area contributed by atoms with E-state index in [1.807, 2.05) is 0 Å². The van der Waals surface area contributed by atoms with Crippen LogP contribution in [0.15, 0.2) is 30.3 Å². The minimum Gasteiger partial charge on any atom is -0.378 e.